The molecule has 5 heteroatoms. The molecule has 0 saturated carbocycles. The number of nitrogens with zero attached hydrogens (tertiary/aromatic N) is 1. The summed E-state index contributed by atoms with van der Waals surface area (Å²) in [6.07, 6.45) is 2.06. The Morgan fingerprint density at radius 3 is 2.34 bits per heavy atom. The lowest BCUT2D eigenvalue weighted by Crippen LogP contribution is -2.48. The van der Waals surface area contributed by atoms with Crippen molar-refractivity contribution in [1.29, 1.82) is 0 Å². The van der Waals surface area contributed by atoms with Crippen molar-refractivity contribution >= 4 is 29.9 Å². The van der Waals surface area contributed by atoms with Crippen LogP contribution in [-0.4, -0.2) is 39.3 Å². The highest BCUT2D eigenvalue weighted by Crippen LogP contribution is 2.36. The van der Waals surface area contributed by atoms with E-state index in [1.165, 1.54) is 16.7 Å². The number of halogens is 1. The van der Waals surface area contributed by atoms with Crippen LogP contribution in [0.4, 0.5) is 0 Å². The van der Waals surface area contributed by atoms with Crippen molar-refractivity contribution < 1.29 is 4.74 Å². The first-order chi connectivity index (χ1) is 13.6. The Hall–Kier alpha value is -1.60. The van der Waals surface area contributed by atoms with Crippen molar-refractivity contribution in [3.63, 3.8) is 0 Å². The summed E-state index contributed by atoms with van der Waals surface area (Å²) in [5, 5.41) is 7.09. The van der Waals surface area contributed by atoms with Gasteiger partial charge in [-0.2, -0.15) is 0 Å². The van der Waals surface area contributed by atoms with Gasteiger partial charge in [-0.15, -0.1) is 24.0 Å². The largest absolute Gasteiger partial charge is 0.381 e. The smallest absolute Gasteiger partial charge is 0.191 e. The van der Waals surface area contributed by atoms with Gasteiger partial charge in [0.1, 0.15) is 0 Å². The van der Waals surface area contributed by atoms with Crippen LogP contribution in [0.3, 0.4) is 0 Å². The fraction of sp³-hybridized carbons (Fsp3) is 0.458. The number of benzene rings is 2. The van der Waals surface area contributed by atoms with Crippen LogP contribution >= 0.6 is 24.0 Å². The molecule has 3 rings (SSSR count). The van der Waals surface area contributed by atoms with Gasteiger partial charge in [0.05, 0.1) is 0 Å². The van der Waals surface area contributed by atoms with Gasteiger partial charge in [0, 0.05) is 38.8 Å². The van der Waals surface area contributed by atoms with E-state index in [4.69, 9.17) is 4.74 Å². The minimum absolute atomic E-state index is 0. The summed E-state index contributed by atoms with van der Waals surface area (Å²) in [5.74, 6) is 1.29. The second-order valence-electron chi connectivity index (χ2n) is 7.83. The molecule has 29 heavy (non-hydrogen) atoms. The molecule has 4 nitrogen and oxygen atoms in total. The van der Waals surface area contributed by atoms with E-state index in [1.807, 2.05) is 7.05 Å². The van der Waals surface area contributed by atoms with E-state index in [0.29, 0.717) is 5.92 Å². The molecule has 1 fully saturated rings. The number of hydrogen-bond acceptors (Lipinski definition) is 2. The van der Waals surface area contributed by atoms with E-state index in [0.717, 1.165) is 45.1 Å². The number of ether oxygens (including phenoxy) is 1. The predicted octanol–water partition coefficient (Wildman–Crippen LogP) is 4.63. The molecule has 1 aliphatic rings. The molecule has 2 aromatic rings. The number of rotatable bonds is 6. The van der Waals surface area contributed by atoms with Gasteiger partial charge in [0.15, 0.2) is 5.96 Å². The van der Waals surface area contributed by atoms with Gasteiger partial charge in [-0.05, 0) is 42.4 Å². The molecule has 158 valence electrons. The first-order valence-electron chi connectivity index (χ1n) is 10.3. The van der Waals surface area contributed by atoms with Gasteiger partial charge in [0.2, 0.25) is 0 Å². The summed E-state index contributed by atoms with van der Waals surface area (Å²) >= 11 is 0. The number of guanidine groups is 1. The summed E-state index contributed by atoms with van der Waals surface area (Å²) < 4.78 is 5.67. The predicted molar refractivity (Wildman–Crippen MR) is 133 cm³/mol. The van der Waals surface area contributed by atoms with Crippen LogP contribution in [0, 0.1) is 6.92 Å². The monoisotopic (exact) mass is 507 g/mol. The van der Waals surface area contributed by atoms with Gasteiger partial charge in [-0.25, -0.2) is 0 Å². The number of aryl methyl sites for hydroxylation is 1. The summed E-state index contributed by atoms with van der Waals surface area (Å²) in [6.45, 7) is 7.79. The second-order valence-corrected chi connectivity index (χ2v) is 7.83. The van der Waals surface area contributed by atoms with Crippen molar-refractivity contribution in [2.75, 3.05) is 33.4 Å². The Morgan fingerprint density at radius 1 is 1.03 bits per heavy atom. The summed E-state index contributed by atoms with van der Waals surface area (Å²) in [6, 6.07) is 19.3. The topological polar surface area (TPSA) is 45.7 Å². The third-order valence-corrected chi connectivity index (χ3v) is 5.93. The lowest BCUT2D eigenvalue weighted by Gasteiger charge is -2.39. The molecule has 0 aromatic heterocycles. The van der Waals surface area contributed by atoms with Crippen molar-refractivity contribution in [1.82, 2.24) is 10.6 Å². The molecule has 1 saturated heterocycles. The highest BCUT2D eigenvalue weighted by Gasteiger charge is 2.35. The van der Waals surface area contributed by atoms with Crippen molar-refractivity contribution in [2.45, 2.75) is 38.0 Å². The third-order valence-electron chi connectivity index (χ3n) is 5.93. The van der Waals surface area contributed by atoms with Crippen molar-refractivity contribution in [2.24, 2.45) is 4.99 Å². The number of nitrogens with one attached hydrogen (secondary N) is 2. The van der Waals surface area contributed by atoms with Gasteiger partial charge in [0.25, 0.3) is 0 Å². The zero-order valence-electron chi connectivity index (χ0n) is 17.8. The van der Waals surface area contributed by atoms with Crippen LogP contribution in [-0.2, 0) is 10.2 Å². The Kier molecular flexibility index (Phi) is 9.43. The molecule has 2 N–H and O–H groups in total. The van der Waals surface area contributed by atoms with Crippen LogP contribution in [0.5, 0.6) is 0 Å². The Morgan fingerprint density at radius 2 is 1.69 bits per heavy atom. The van der Waals surface area contributed by atoms with E-state index >= 15 is 0 Å². The van der Waals surface area contributed by atoms with Gasteiger partial charge >= 0.3 is 0 Å². The molecule has 0 bridgehead atoms. The zero-order chi connectivity index (χ0) is 19.8. The Labute approximate surface area is 192 Å². The lowest BCUT2D eigenvalue weighted by molar-refractivity contribution is 0.0512. The molecule has 0 aliphatic carbocycles. The molecule has 1 unspecified atom stereocenters. The zero-order valence-corrected chi connectivity index (χ0v) is 20.1. The van der Waals surface area contributed by atoms with E-state index in [2.05, 4.69) is 84.1 Å². The first-order valence-corrected chi connectivity index (χ1v) is 10.3. The molecule has 0 radical (unpaired) electrons. The normalized spacial score (nSPS) is 17.1. The van der Waals surface area contributed by atoms with Crippen molar-refractivity contribution in [3.05, 3.63) is 71.3 Å². The quantitative estimate of drug-likeness (QED) is 0.341. The third kappa shape index (κ3) is 6.19. The van der Waals surface area contributed by atoms with Crippen LogP contribution < -0.4 is 10.6 Å². The average molecular weight is 507 g/mol. The summed E-state index contributed by atoms with van der Waals surface area (Å²) in [4.78, 5) is 4.45. The SMILES string of the molecule is CN=C(NCC(C)c1ccccc1)NCC1(c2ccccc2C)CCOCC1.I. The Bertz CT molecular complexity index is 773. The van der Waals surface area contributed by atoms with Crippen LogP contribution in [0.25, 0.3) is 0 Å². The maximum Gasteiger partial charge on any atom is 0.191 e. The van der Waals surface area contributed by atoms with E-state index < -0.39 is 0 Å². The highest BCUT2D eigenvalue weighted by atomic mass is 127. The van der Waals surface area contributed by atoms with Crippen LogP contribution in [0.2, 0.25) is 0 Å². The standard InChI is InChI=1S/C24H33N3O.HI/c1-19-9-7-8-12-22(19)24(13-15-28-16-14-24)18-27-23(25-3)26-17-20(2)21-10-5-4-6-11-21;/h4-12,20H,13-18H2,1-3H3,(H2,25,26,27);1H. The van der Waals surface area contributed by atoms with E-state index in [9.17, 15) is 0 Å². The molecular weight excluding hydrogens is 473 g/mol. The minimum atomic E-state index is 0. The second kappa shape index (κ2) is 11.6. The first kappa shape index (κ1) is 23.7. The van der Waals surface area contributed by atoms with E-state index in [-0.39, 0.29) is 29.4 Å². The molecule has 1 heterocycles. The summed E-state index contributed by atoms with van der Waals surface area (Å²) in [7, 11) is 1.84. The fourth-order valence-electron chi connectivity index (χ4n) is 4.09. The molecule has 0 amide bonds. The summed E-state index contributed by atoms with van der Waals surface area (Å²) in [5.41, 5.74) is 4.21. The maximum absolute atomic E-state index is 5.67. The number of hydrogen-bond donors (Lipinski definition) is 2. The van der Waals surface area contributed by atoms with Crippen LogP contribution in [0.1, 0.15) is 42.4 Å². The molecular formula is C24H34IN3O. The fourth-order valence-corrected chi connectivity index (χ4v) is 4.09. The molecule has 0 spiro atoms. The van der Waals surface area contributed by atoms with Gasteiger partial charge in [-0.1, -0.05) is 61.5 Å². The minimum Gasteiger partial charge on any atom is -0.381 e. The van der Waals surface area contributed by atoms with Gasteiger partial charge < -0.3 is 15.4 Å². The van der Waals surface area contributed by atoms with Crippen molar-refractivity contribution in [3.8, 4) is 0 Å². The maximum atomic E-state index is 5.67. The number of aliphatic imine (C=N–C) groups is 1. The van der Waals surface area contributed by atoms with Crippen LogP contribution in [0.15, 0.2) is 59.6 Å². The molecule has 2 aromatic carbocycles. The van der Waals surface area contributed by atoms with Gasteiger partial charge in [-0.3, -0.25) is 4.99 Å². The Balaban J connectivity index is 0.00000300. The molecule has 1 atom stereocenters. The lowest BCUT2D eigenvalue weighted by atomic mass is 9.72. The highest BCUT2D eigenvalue weighted by molar-refractivity contribution is 14.0. The van der Waals surface area contributed by atoms with E-state index in [1.54, 1.807) is 0 Å². The molecule has 1 aliphatic heterocycles. The average Bonchev–Trinajstić information content (AvgIpc) is 2.75.